The first kappa shape index (κ1) is 26.5. The molecular formula is C30H37N3O4. The Balaban J connectivity index is 1.61. The van der Waals surface area contributed by atoms with Gasteiger partial charge in [-0.05, 0) is 41.3 Å². The molecule has 2 heterocycles. The molecule has 1 unspecified atom stereocenters. The van der Waals surface area contributed by atoms with Gasteiger partial charge in [0.25, 0.3) is 5.91 Å². The molecule has 1 atom stereocenters. The maximum atomic E-state index is 13.8. The zero-order valence-corrected chi connectivity index (χ0v) is 22.4. The quantitative estimate of drug-likeness (QED) is 0.454. The van der Waals surface area contributed by atoms with E-state index in [0.29, 0.717) is 31.8 Å². The van der Waals surface area contributed by atoms with Crippen LogP contribution in [0.4, 0.5) is 0 Å². The fraction of sp³-hybridized carbons (Fsp3) is 0.400. The molecule has 7 nitrogen and oxygen atoms in total. The fourth-order valence-corrected chi connectivity index (χ4v) is 4.87. The lowest BCUT2D eigenvalue weighted by molar-refractivity contribution is -0.134. The van der Waals surface area contributed by atoms with Crippen molar-refractivity contribution in [1.29, 1.82) is 0 Å². The van der Waals surface area contributed by atoms with E-state index in [-0.39, 0.29) is 29.8 Å². The van der Waals surface area contributed by atoms with Crippen LogP contribution in [0.25, 0.3) is 0 Å². The van der Waals surface area contributed by atoms with Gasteiger partial charge < -0.3 is 23.8 Å². The van der Waals surface area contributed by atoms with Crippen molar-refractivity contribution in [3.8, 4) is 5.75 Å². The molecule has 4 rings (SSSR count). The first-order valence-corrected chi connectivity index (χ1v) is 12.7. The van der Waals surface area contributed by atoms with Crippen LogP contribution in [0.1, 0.15) is 54.0 Å². The Labute approximate surface area is 219 Å². The van der Waals surface area contributed by atoms with Gasteiger partial charge in [-0.2, -0.15) is 0 Å². The highest BCUT2D eigenvalue weighted by Crippen LogP contribution is 2.37. The molecule has 0 radical (unpaired) electrons. The van der Waals surface area contributed by atoms with E-state index in [1.54, 1.807) is 19.1 Å². The van der Waals surface area contributed by atoms with Crippen molar-refractivity contribution in [2.24, 2.45) is 0 Å². The van der Waals surface area contributed by atoms with Crippen LogP contribution in [-0.4, -0.2) is 66.6 Å². The second-order valence-corrected chi connectivity index (χ2v) is 10.4. The van der Waals surface area contributed by atoms with Crippen LogP contribution in [0.5, 0.6) is 5.75 Å². The van der Waals surface area contributed by atoms with Gasteiger partial charge in [-0.3, -0.25) is 9.59 Å². The van der Waals surface area contributed by atoms with Crippen molar-refractivity contribution >= 4 is 11.8 Å². The summed E-state index contributed by atoms with van der Waals surface area (Å²) in [5, 5.41) is 0. The van der Waals surface area contributed by atoms with Crippen LogP contribution < -0.4 is 4.74 Å². The summed E-state index contributed by atoms with van der Waals surface area (Å²) in [6.07, 6.45) is 2.04. The highest BCUT2D eigenvalue weighted by atomic mass is 16.5. The SMILES string of the molecule is COCCN(CC(=O)N1CCn2cccc2C1c1ccccc1OC)C(=O)c1ccc(C(C)(C)C)cc1. The fourth-order valence-electron chi connectivity index (χ4n) is 4.87. The summed E-state index contributed by atoms with van der Waals surface area (Å²) in [5.74, 6) is 0.436. The first-order valence-electron chi connectivity index (χ1n) is 12.7. The van der Waals surface area contributed by atoms with E-state index in [2.05, 4.69) is 25.3 Å². The highest BCUT2D eigenvalue weighted by Gasteiger charge is 2.35. The van der Waals surface area contributed by atoms with Gasteiger partial charge in [0.05, 0.1) is 13.7 Å². The Kier molecular flexibility index (Phi) is 8.03. The lowest BCUT2D eigenvalue weighted by Gasteiger charge is -2.39. The molecular weight excluding hydrogens is 466 g/mol. The average Bonchev–Trinajstić information content (AvgIpc) is 3.38. The van der Waals surface area contributed by atoms with E-state index >= 15 is 0 Å². The van der Waals surface area contributed by atoms with Crippen molar-refractivity contribution in [2.45, 2.75) is 38.8 Å². The molecule has 196 valence electrons. The van der Waals surface area contributed by atoms with Crippen LogP contribution >= 0.6 is 0 Å². The largest absolute Gasteiger partial charge is 0.496 e. The number of hydrogen-bond acceptors (Lipinski definition) is 4. The van der Waals surface area contributed by atoms with Gasteiger partial charge in [-0.15, -0.1) is 0 Å². The van der Waals surface area contributed by atoms with Gasteiger partial charge in [0.1, 0.15) is 18.3 Å². The minimum atomic E-state index is -0.308. The van der Waals surface area contributed by atoms with Gasteiger partial charge >= 0.3 is 0 Å². The Morgan fingerprint density at radius 1 is 0.973 bits per heavy atom. The number of ether oxygens (including phenoxy) is 2. The zero-order chi connectivity index (χ0) is 26.6. The van der Waals surface area contributed by atoms with Crippen molar-refractivity contribution in [2.75, 3.05) is 40.5 Å². The van der Waals surface area contributed by atoms with Gasteiger partial charge in [0.15, 0.2) is 0 Å². The van der Waals surface area contributed by atoms with Crippen LogP contribution in [0.3, 0.4) is 0 Å². The second-order valence-electron chi connectivity index (χ2n) is 10.4. The van der Waals surface area contributed by atoms with Gasteiger partial charge in [0.2, 0.25) is 5.91 Å². The molecule has 0 saturated heterocycles. The molecule has 0 N–H and O–H groups in total. The molecule has 3 aromatic rings. The third-order valence-corrected chi connectivity index (χ3v) is 6.97. The van der Waals surface area contributed by atoms with E-state index in [9.17, 15) is 9.59 Å². The maximum absolute atomic E-state index is 13.8. The summed E-state index contributed by atoms with van der Waals surface area (Å²) >= 11 is 0. The highest BCUT2D eigenvalue weighted by molar-refractivity contribution is 5.96. The zero-order valence-electron chi connectivity index (χ0n) is 22.4. The number of benzene rings is 2. The van der Waals surface area contributed by atoms with Crippen LogP contribution in [0.15, 0.2) is 66.9 Å². The standard InChI is InChI=1S/C30H37N3O4/c1-30(2,3)23-14-12-22(13-15-23)29(35)32(19-20-36-4)21-27(34)33-18-17-31-16-8-10-25(31)28(33)24-9-6-7-11-26(24)37-5/h6-16,28H,17-21H2,1-5H3. The molecule has 0 aliphatic carbocycles. The van der Waals surface area contributed by atoms with Crippen LogP contribution in [-0.2, 0) is 21.5 Å². The Hall–Kier alpha value is -3.58. The smallest absolute Gasteiger partial charge is 0.254 e. The molecule has 0 spiro atoms. The summed E-state index contributed by atoms with van der Waals surface area (Å²) in [6.45, 7) is 8.29. The van der Waals surface area contributed by atoms with Crippen molar-refractivity contribution < 1.29 is 19.1 Å². The number of methoxy groups -OCH3 is 2. The van der Waals surface area contributed by atoms with Gasteiger partial charge in [-0.1, -0.05) is 51.1 Å². The summed E-state index contributed by atoms with van der Waals surface area (Å²) < 4.78 is 13.1. The number of fused-ring (bicyclic) bond motifs is 1. The number of aromatic nitrogens is 1. The van der Waals surface area contributed by atoms with E-state index in [1.807, 2.05) is 71.8 Å². The number of carbonyl (C=O) groups is 2. The van der Waals surface area contributed by atoms with E-state index in [4.69, 9.17) is 9.47 Å². The molecule has 1 aliphatic rings. The Morgan fingerprint density at radius 3 is 2.38 bits per heavy atom. The number of carbonyl (C=O) groups excluding carboxylic acids is 2. The lowest BCUT2D eigenvalue weighted by atomic mass is 9.86. The van der Waals surface area contributed by atoms with Crippen molar-refractivity contribution in [3.63, 3.8) is 0 Å². The third kappa shape index (κ3) is 5.72. The molecule has 7 heteroatoms. The summed E-state index contributed by atoms with van der Waals surface area (Å²) in [7, 11) is 3.24. The first-order chi connectivity index (χ1) is 17.7. The number of nitrogens with zero attached hydrogens (tertiary/aromatic N) is 3. The van der Waals surface area contributed by atoms with E-state index < -0.39 is 0 Å². The summed E-state index contributed by atoms with van der Waals surface area (Å²) in [6, 6.07) is 19.2. The summed E-state index contributed by atoms with van der Waals surface area (Å²) in [4.78, 5) is 30.8. The minimum Gasteiger partial charge on any atom is -0.496 e. The number of rotatable bonds is 8. The Morgan fingerprint density at radius 2 is 1.70 bits per heavy atom. The molecule has 2 aromatic carbocycles. The topological polar surface area (TPSA) is 64.0 Å². The molecule has 0 fully saturated rings. The predicted molar refractivity (Wildman–Crippen MR) is 144 cm³/mol. The maximum Gasteiger partial charge on any atom is 0.254 e. The van der Waals surface area contributed by atoms with E-state index in [0.717, 1.165) is 22.6 Å². The average molecular weight is 504 g/mol. The van der Waals surface area contributed by atoms with Gasteiger partial charge in [0, 0.05) is 49.8 Å². The Bertz CT molecular complexity index is 1230. The summed E-state index contributed by atoms with van der Waals surface area (Å²) in [5.41, 5.74) is 3.65. The van der Waals surface area contributed by atoms with Crippen molar-refractivity contribution in [1.82, 2.24) is 14.4 Å². The minimum absolute atomic E-state index is 0.00723. The molecule has 2 amide bonds. The molecule has 1 aliphatic heterocycles. The van der Waals surface area contributed by atoms with Crippen LogP contribution in [0.2, 0.25) is 0 Å². The lowest BCUT2D eigenvalue weighted by Crippen LogP contribution is -2.48. The van der Waals surface area contributed by atoms with E-state index in [1.165, 1.54) is 0 Å². The normalized spacial score (nSPS) is 15.3. The molecule has 37 heavy (non-hydrogen) atoms. The molecule has 0 saturated carbocycles. The number of para-hydroxylation sites is 1. The third-order valence-electron chi connectivity index (χ3n) is 6.97. The molecule has 1 aromatic heterocycles. The number of hydrogen-bond donors (Lipinski definition) is 0. The van der Waals surface area contributed by atoms with Gasteiger partial charge in [-0.25, -0.2) is 0 Å². The predicted octanol–water partition coefficient (Wildman–Crippen LogP) is 4.51. The number of amides is 2. The second kappa shape index (κ2) is 11.2. The van der Waals surface area contributed by atoms with Crippen molar-refractivity contribution in [3.05, 3.63) is 89.2 Å². The molecule has 0 bridgehead atoms. The monoisotopic (exact) mass is 503 g/mol. The van der Waals surface area contributed by atoms with Crippen LogP contribution in [0, 0.1) is 0 Å².